The van der Waals surface area contributed by atoms with Gasteiger partial charge >= 0.3 is 0 Å². The van der Waals surface area contributed by atoms with Gasteiger partial charge in [0.25, 0.3) is 0 Å². The minimum atomic E-state index is -0.224. The first-order chi connectivity index (χ1) is 5.20. The fourth-order valence-corrected chi connectivity index (χ4v) is 1.79. The Labute approximate surface area is 72.1 Å². The van der Waals surface area contributed by atoms with Crippen LogP contribution in [0.15, 0.2) is 0 Å². The van der Waals surface area contributed by atoms with Crippen molar-refractivity contribution < 1.29 is 4.79 Å². The molecule has 0 aliphatic carbocycles. The Morgan fingerprint density at radius 3 is 3.00 bits per heavy atom. The van der Waals surface area contributed by atoms with E-state index >= 15 is 0 Å². The fourth-order valence-electron chi connectivity index (χ4n) is 1.41. The molecule has 1 aliphatic heterocycles. The second-order valence-electron chi connectivity index (χ2n) is 2.97. The highest BCUT2D eigenvalue weighted by Gasteiger charge is 2.22. The van der Waals surface area contributed by atoms with E-state index in [0.29, 0.717) is 12.3 Å². The van der Waals surface area contributed by atoms with Crippen LogP contribution < -0.4 is 11.1 Å². The van der Waals surface area contributed by atoms with Crippen LogP contribution in [-0.2, 0) is 4.79 Å². The summed E-state index contributed by atoms with van der Waals surface area (Å²) in [5.41, 5.74) is 5.08. The van der Waals surface area contributed by atoms with Gasteiger partial charge in [0.15, 0.2) is 0 Å². The number of rotatable bonds is 2. The molecule has 64 valence electrons. The molecule has 2 atom stereocenters. The molecule has 0 aromatic carbocycles. The van der Waals surface area contributed by atoms with E-state index in [0.717, 1.165) is 19.4 Å². The average molecular weight is 174 g/mol. The SMILES string of the molecule is NC(=O)CC1CCCNC1S. The first-order valence-electron chi connectivity index (χ1n) is 3.90. The van der Waals surface area contributed by atoms with Gasteiger partial charge in [-0.25, -0.2) is 0 Å². The van der Waals surface area contributed by atoms with Crippen LogP contribution >= 0.6 is 12.6 Å². The van der Waals surface area contributed by atoms with Crippen molar-refractivity contribution in [3.8, 4) is 0 Å². The summed E-state index contributed by atoms with van der Waals surface area (Å²) < 4.78 is 0. The van der Waals surface area contributed by atoms with E-state index in [1.807, 2.05) is 0 Å². The molecule has 0 spiro atoms. The molecule has 1 heterocycles. The van der Waals surface area contributed by atoms with Gasteiger partial charge in [-0.05, 0) is 25.3 Å². The molecule has 0 aromatic rings. The fraction of sp³-hybridized carbons (Fsp3) is 0.857. The summed E-state index contributed by atoms with van der Waals surface area (Å²) in [6.07, 6.45) is 2.64. The van der Waals surface area contributed by atoms with E-state index in [-0.39, 0.29) is 11.3 Å². The zero-order valence-corrected chi connectivity index (χ0v) is 7.31. The molecule has 11 heavy (non-hydrogen) atoms. The van der Waals surface area contributed by atoms with Gasteiger partial charge in [-0.3, -0.25) is 4.79 Å². The summed E-state index contributed by atoms with van der Waals surface area (Å²) in [6.45, 7) is 1.00. The van der Waals surface area contributed by atoms with E-state index in [4.69, 9.17) is 5.73 Å². The second-order valence-corrected chi connectivity index (χ2v) is 3.53. The Morgan fingerprint density at radius 1 is 1.73 bits per heavy atom. The number of piperidine rings is 1. The molecule has 1 fully saturated rings. The molecule has 0 bridgehead atoms. The van der Waals surface area contributed by atoms with Gasteiger partial charge in [-0.15, -0.1) is 0 Å². The van der Waals surface area contributed by atoms with Crippen molar-refractivity contribution in [2.75, 3.05) is 6.54 Å². The van der Waals surface area contributed by atoms with Crippen LogP contribution in [0.25, 0.3) is 0 Å². The number of thiol groups is 1. The maximum Gasteiger partial charge on any atom is 0.217 e. The second kappa shape index (κ2) is 3.97. The van der Waals surface area contributed by atoms with Crippen molar-refractivity contribution in [2.45, 2.75) is 24.6 Å². The third-order valence-electron chi connectivity index (χ3n) is 2.02. The van der Waals surface area contributed by atoms with E-state index in [1.54, 1.807) is 0 Å². The number of carbonyl (C=O) groups excluding carboxylic acids is 1. The summed E-state index contributed by atoms with van der Waals surface area (Å²) in [5, 5.41) is 3.34. The van der Waals surface area contributed by atoms with Crippen molar-refractivity contribution in [3.63, 3.8) is 0 Å². The maximum atomic E-state index is 10.6. The molecule has 1 saturated heterocycles. The van der Waals surface area contributed by atoms with Gasteiger partial charge in [0.2, 0.25) is 5.91 Å². The highest BCUT2D eigenvalue weighted by Crippen LogP contribution is 2.21. The molecule has 0 radical (unpaired) electrons. The van der Waals surface area contributed by atoms with Crippen LogP contribution in [0.1, 0.15) is 19.3 Å². The lowest BCUT2D eigenvalue weighted by atomic mass is 9.96. The lowest BCUT2D eigenvalue weighted by Crippen LogP contribution is -2.39. The number of primary amides is 1. The van der Waals surface area contributed by atoms with Crippen molar-refractivity contribution in [1.82, 2.24) is 5.32 Å². The van der Waals surface area contributed by atoms with Gasteiger partial charge < -0.3 is 11.1 Å². The van der Waals surface area contributed by atoms with Gasteiger partial charge in [-0.1, -0.05) is 0 Å². The minimum absolute atomic E-state index is 0.149. The summed E-state index contributed by atoms with van der Waals surface area (Å²) in [7, 11) is 0. The van der Waals surface area contributed by atoms with Crippen LogP contribution in [0.5, 0.6) is 0 Å². The Hall–Kier alpha value is -0.220. The largest absolute Gasteiger partial charge is 0.370 e. The monoisotopic (exact) mass is 174 g/mol. The van der Waals surface area contributed by atoms with E-state index in [1.165, 1.54) is 0 Å². The van der Waals surface area contributed by atoms with Crippen LogP contribution in [-0.4, -0.2) is 17.8 Å². The summed E-state index contributed by atoms with van der Waals surface area (Å²) in [6, 6.07) is 0. The first kappa shape index (κ1) is 8.87. The quantitative estimate of drug-likeness (QED) is 0.521. The molecule has 3 N–H and O–H groups in total. The summed E-state index contributed by atoms with van der Waals surface area (Å²) in [4.78, 5) is 10.6. The Balaban J connectivity index is 2.35. The number of carbonyl (C=O) groups is 1. The summed E-state index contributed by atoms with van der Waals surface area (Å²) >= 11 is 4.31. The van der Waals surface area contributed by atoms with Gasteiger partial charge in [-0.2, -0.15) is 12.6 Å². The predicted molar refractivity (Wildman–Crippen MR) is 47.3 cm³/mol. The van der Waals surface area contributed by atoms with Crippen molar-refractivity contribution >= 4 is 18.5 Å². The lowest BCUT2D eigenvalue weighted by Gasteiger charge is -2.28. The van der Waals surface area contributed by atoms with Crippen LogP contribution in [0, 0.1) is 5.92 Å². The molecule has 1 rings (SSSR count). The third-order valence-corrected chi connectivity index (χ3v) is 2.62. The zero-order valence-electron chi connectivity index (χ0n) is 6.42. The third kappa shape index (κ3) is 2.71. The molecule has 3 nitrogen and oxygen atoms in total. The normalized spacial score (nSPS) is 31.7. The standard InChI is InChI=1S/C7H14N2OS/c8-6(10)4-5-2-1-3-9-7(5)11/h5,7,9,11H,1-4H2,(H2,8,10). The molecular formula is C7H14N2OS. The van der Waals surface area contributed by atoms with E-state index in [2.05, 4.69) is 17.9 Å². The van der Waals surface area contributed by atoms with Gasteiger partial charge in [0.1, 0.15) is 0 Å². The Bertz CT molecular complexity index is 151. The van der Waals surface area contributed by atoms with Crippen LogP contribution in [0.3, 0.4) is 0 Å². The van der Waals surface area contributed by atoms with Crippen molar-refractivity contribution in [1.29, 1.82) is 0 Å². The highest BCUT2D eigenvalue weighted by atomic mass is 32.1. The van der Waals surface area contributed by atoms with E-state index < -0.39 is 0 Å². The Morgan fingerprint density at radius 2 is 2.45 bits per heavy atom. The zero-order chi connectivity index (χ0) is 8.27. The molecular weight excluding hydrogens is 160 g/mol. The number of nitrogens with two attached hydrogens (primary N) is 1. The van der Waals surface area contributed by atoms with Gasteiger partial charge in [0, 0.05) is 6.42 Å². The predicted octanol–water partition coefficient (Wildman–Crippen LogP) is 0.117. The molecule has 0 aromatic heterocycles. The van der Waals surface area contributed by atoms with Crippen LogP contribution in [0.2, 0.25) is 0 Å². The molecule has 1 amide bonds. The highest BCUT2D eigenvalue weighted by molar-refractivity contribution is 7.80. The number of hydrogen-bond donors (Lipinski definition) is 3. The van der Waals surface area contributed by atoms with Crippen molar-refractivity contribution in [2.24, 2.45) is 11.7 Å². The molecule has 2 unspecified atom stereocenters. The first-order valence-corrected chi connectivity index (χ1v) is 4.41. The lowest BCUT2D eigenvalue weighted by molar-refractivity contribution is -0.119. The topological polar surface area (TPSA) is 55.1 Å². The minimum Gasteiger partial charge on any atom is -0.370 e. The van der Waals surface area contributed by atoms with Crippen LogP contribution in [0.4, 0.5) is 0 Å². The smallest absolute Gasteiger partial charge is 0.217 e. The average Bonchev–Trinajstić information content (AvgIpc) is 1.93. The van der Waals surface area contributed by atoms with Crippen molar-refractivity contribution in [3.05, 3.63) is 0 Å². The Kier molecular flexibility index (Phi) is 3.20. The molecule has 0 saturated carbocycles. The number of hydrogen-bond acceptors (Lipinski definition) is 3. The van der Waals surface area contributed by atoms with E-state index in [9.17, 15) is 4.79 Å². The summed E-state index contributed by atoms with van der Waals surface area (Å²) in [5.74, 6) is 0.0994. The maximum absolute atomic E-state index is 10.6. The van der Waals surface area contributed by atoms with Gasteiger partial charge in [0.05, 0.1) is 5.37 Å². The number of nitrogens with one attached hydrogen (secondary N) is 1. The molecule has 4 heteroatoms. The molecule has 1 aliphatic rings. The number of amides is 1.